The SMILES string of the molecule is Cc1ccc2c(c1)[C@H]1C[NH+](C)CC[C@H]1N2C(=O)C(c1ccccc1)c1ccccc1. The number of likely N-dealkylation sites (tertiary alicyclic amines) is 1. The van der Waals surface area contributed by atoms with Crippen LogP contribution in [0.15, 0.2) is 78.9 Å². The first-order valence-electron chi connectivity index (χ1n) is 11.0. The Labute approximate surface area is 178 Å². The molecule has 3 aromatic rings. The molecule has 3 atom stereocenters. The van der Waals surface area contributed by atoms with E-state index in [0.29, 0.717) is 5.92 Å². The molecule has 0 saturated carbocycles. The van der Waals surface area contributed by atoms with Crippen molar-refractivity contribution in [2.45, 2.75) is 31.2 Å². The van der Waals surface area contributed by atoms with E-state index in [-0.39, 0.29) is 17.9 Å². The number of nitrogens with zero attached hydrogens (tertiary/aromatic N) is 1. The van der Waals surface area contributed by atoms with Gasteiger partial charge in [-0.3, -0.25) is 4.79 Å². The largest absolute Gasteiger partial charge is 0.337 e. The van der Waals surface area contributed by atoms with Crippen molar-refractivity contribution in [2.24, 2.45) is 0 Å². The lowest BCUT2D eigenvalue weighted by Gasteiger charge is -2.36. The van der Waals surface area contributed by atoms with Crippen LogP contribution in [0.1, 0.15) is 40.5 Å². The van der Waals surface area contributed by atoms with E-state index in [0.717, 1.165) is 36.3 Å². The zero-order valence-electron chi connectivity index (χ0n) is 17.7. The maximum atomic E-state index is 14.2. The van der Waals surface area contributed by atoms with Crippen molar-refractivity contribution in [3.05, 3.63) is 101 Å². The van der Waals surface area contributed by atoms with Gasteiger partial charge < -0.3 is 9.80 Å². The van der Waals surface area contributed by atoms with Crippen LogP contribution in [0.25, 0.3) is 0 Å². The lowest BCUT2D eigenvalue weighted by molar-refractivity contribution is -0.886. The summed E-state index contributed by atoms with van der Waals surface area (Å²) in [6.07, 6.45) is 1.05. The minimum absolute atomic E-state index is 0.199. The summed E-state index contributed by atoms with van der Waals surface area (Å²) < 4.78 is 0. The Balaban J connectivity index is 1.61. The van der Waals surface area contributed by atoms with E-state index in [1.807, 2.05) is 36.4 Å². The molecule has 2 heterocycles. The summed E-state index contributed by atoms with van der Waals surface area (Å²) in [5.41, 5.74) is 5.86. The first kappa shape index (κ1) is 19.1. The fourth-order valence-corrected chi connectivity index (χ4v) is 5.39. The van der Waals surface area contributed by atoms with E-state index in [1.165, 1.54) is 11.1 Å². The van der Waals surface area contributed by atoms with Crippen LogP contribution in [-0.4, -0.2) is 32.1 Å². The number of hydrogen-bond acceptors (Lipinski definition) is 1. The quantitative estimate of drug-likeness (QED) is 0.718. The molecule has 2 aliphatic heterocycles. The van der Waals surface area contributed by atoms with E-state index in [9.17, 15) is 4.79 Å². The molecule has 1 amide bonds. The van der Waals surface area contributed by atoms with Crippen molar-refractivity contribution in [1.29, 1.82) is 0 Å². The lowest BCUT2D eigenvalue weighted by atomic mass is 9.87. The summed E-state index contributed by atoms with van der Waals surface area (Å²) in [6, 6.07) is 27.3. The average Bonchev–Trinajstić information content (AvgIpc) is 3.08. The van der Waals surface area contributed by atoms with E-state index < -0.39 is 0 Å². The Kier molecular flexibility index (Phi) is 4.92. The maximum Gasteiger partial charge on any atom is 0.239 e. The van der Waals surface area contributed by atoms with Crippen molar-refractivity contribution in [2.75, 3.05) is 25.0 Å². The average molecular weight is 398 g/mol. The zero-order valence-corrected chi connectivity index (χ0v) is 17.7. The van der Waals surface area contributed by atoms with Crippen LogP contribution in [0.2, 0.25) is 0 Å². The van der Waals surface area contributed by atoms with Gasteiger partial charge >= 0.3 is 0 Å². The number of anilines is 1. The predicted octanol–water partition coefficient (Wildman–Crippen LogP) is 3.54. The molecule has 2 aliphatic rings. The predicted molar refractivity (Wildman–Crippen MR) is 121 cm³/mol. The summed E-state index contributed by atoms with van der Waals surface area (Å²) >= 11 is 0. The molecular formula is C27H29N2O+. The molecule has 0 aliphatic carbocycles. The van der Waals surface area contributed by atoms with Crippen LogP contribution in [0.4, 0.5) is 5.69 Å². The number of rotatable bonds is 3. The van der Waals surface area contributed by atoms with Crippen LogP contribution in [0, 0.1) is 6.92 Å². The highest BCUT2D eigenvalue weighted by Crippen LogP contribution is 2.45. The van der Waals surface area contributed by atoms with E-state index in [2.05, 4.69) is 61.3 Å². The Morgan fingerprint density at radius 3 is 2.23 bits per heavy atom. The van der Waals surface area contributed by atoms with Gasteiger partial charge in [0.25, 0.3) is 0 Å². The van der Waals surface area contributed by atoms with Gasteiger partial charge in [0.1, 0.15) is 0 Å². The minimum atomic E-state index is -0.285. The van der Waals surface area contributed by atoms with E-state index in [4.69, 9.17) is 0 Å². The van der Waals surface area contributed by atoms with Gasteiger partial charge in [0.2, 0.25) is 5.91 Å². The van der Waals surface area contributed by atoms with Gasteiger partial charge in [-0.15, -0.1) is 0 Å². The van der Waals surface area contributed by atoms with Crippen LogP contribution in [0.3, 0.4) is 0 Å². The molecule has 0 aromatic heterocycles. The molecule has 1 saturated heterocycles. The van der Waals surface area contributed by atoms with Gasteiger partial charge in [-0.25, -0.2) is 0 Å². The number of likely N-dealkylation sites (N-methyl/N-ethyl adjacent to an activating group) is 1. The number of aryl methyl sites for hydroxylation is 1. The highest BCUT2D eigenvalue weighted by atomic mass is 16.2. The normalized spacial score (nSPS) is 22.6. The third-order valence-electron chi connectivity index (χ3n) is 6.82. The summed E-state index contributed by atoms with van der Waals surface area (Å²) in [7, 11) is 2.27. The second kappa shape index (κ2) is 7.73. The molecule has 1 unspecified atom stereocenters. The molecular weight excluding hydrogens is 368 g/mol. The number of piperidine rings is 1. The number of nitrogens with one attached hydrogen (secondary N) is 1. The fourth-order valence-electron chi connectivity index (χ4n) is 5.39. The lowest BCUT2D eigenvalue weighted by Crippen LogP contribution is -3.11. The Hall–Kier alpha value is -2.91. The molecule has 1 N–H and O–H groups in total. The molecule has 152 valence electrons. The first-order chi connectivity index (χ1) is 14.6. The number of quaternary nitrogens is 1. The van der Waals surface area contributed by atoms with E-state index >= 15 is 0 Å². The molecule has 3 aromatic carbocycles. The molecule has 30 heavy (non-hydrogen) atoms. The van der Waals surface area contributed by atoms with Gasteiger partial charge in [-0.05, 0) is 29.7 Å². The van der Waals surface area contributed by atoms with Crippen LogP contribution >= 0.6 is 0 Å². The second-order valence-electron chi connectivity index (χ2n) is 8.90. The Bertz CT molecular complexity index is 1010. The number of hydrogen-bond donors (Lipinski definition) is 1. The zero-order chi connectivity index (χ0) is 20.7. The molecule has 3 nitrogen and oxygen atoms in total. The highest BCUT2D eigenvalue weighted by molar-refractivity contribution is 6.02. The number of fused-ring (bicyclic) bond motifs is 3. The number of carbonyl (C=O) groups excluding carboxylic acids is 1. The summed E-state index contributed by atoms with van der Waals surface area (Å²) in [5, 5.41) is 0. The van der Waals surface area contributed by atoms with Gasteiger partial charge in [-0.1, -0.05) is 78.4 Å². The van der Waals surface area contributed by atoms with Crippen molar-refractivity contribution in [3.8, 4) is 0 Å². The van der Waals surface area contributed by atoms with Crippen LogP contribution in [-0.2, 0) is 4.79 Å². The van der Waals surface area contributed by atoms with Crippen molar-refractivity contribution >= 4 is 11.6 Å². The van der Waals surface area contributed by atoms with Gasteiger partial charge in [0, 0.05) is 12.1 Å². The maximum absolute atomic E-state index is 14.2. The molecule has 3 heteroatoms. The third kappa shape index (κ3) is 3.23. The highest BCUT2D eigenvalue weighted by Gasteiger charge is 2.47. The summed E-state index contributed by atoms with van der Waals surface area (Å²) in [5.74, 6) is 0.335. The Morgan fingerprint density at radius 2 is 1.60 bits per heavy atom. The summed E-state index contributed by atoms with van der Waals surface area (Å²) in [6.45, 7) is 4.35. The van der Waals surface area contributed by atoms with Crippen molar-refractivity contribution in [1.82, 2.24) is 0 Å². The number of benzene rings is 3. The summed E-state index contributed by atoms with van der Waals surface area (Å²) in [4.78, 5) is 18.0. The number of amides is 1. The van der Waals surface area contributed by atoms with Crippen LogP contribution in [0.5, 0.6) is 0 Å². The van der Waals surface area contributed by atoms with Crippen molar-refractivity contribution < 1.29 is 9.69 Å². The molecule has 0 radical (unpaired) electrons. The topological polar surface area (TPSA) is 24.8 Å². The number of carbonyl (C=O) groups is 1. The standard InChI is InChI=1S/C27H28N2O/c1-19-13-14-24-22(17-19)23-18-28(2)16-15-25(23)29(24)27(30)26(20-9-5-3-6-10-20)21-11-7-4-8-12-21/h3-14,17,23,25-26H,15-16,18H2,1-2H3/p+1/t23-,25-/m1/s1. The van der Waals surface area contributed by atoms with Crippen molar-refractivity contribution in [3.63, 3.8) is 0 Å². The molecule has 1 fully saturated rings. The Morgan fingerprint density at radius 1 is 0.967 bits per heavy atom. The molecule has 0 bridgehead atoms. The first-order valence-corrected chi connectivity index (χ1v) is 11.0. The molecule has 5 rings (SSSR count). The monoisotopic (exact) mass is 397 g/mol. The van der Waals surface area contributed by atoms with Gasteiger partial charge in [0.05, 0.1) is 38.0 Å². The second-order valence-corrected chi connectivity index (χ2v) is 8.90. The van der Waals surface area contributed by atoms with Crippen LogP contribution < -0.4 is 9.80 Å². The van der Waals surface area contributed by atoms with Gasteiger partial charge in [0.15, 0.2) is 0 Å². The fraction of sp³-hybridized carbons (Fsp3) is 0.296. The minimum Gasteiger partial charge on any atom is -0.337 e. The third-order valence-corrected chi connectivity index (χ3v) is 6.82. The molecule has 0 spiro atoms. The van der Waals surface area contributed by atoms with Gasteiger partial charge in [-0.2, -0.15) is 0 Å². The van der Waals surface area contributed by atoms with E-state index in [1.54, 1.807) is 4.90 Å². The smallest absolute Gasteiger partial charge is 0.239 e.